The van der Waals surface area contributed by atoms with Crippen LogP contribution in [0.3, 0.4) is 0 Å². The van der Waals surface area contributed by atoms with Gasteiger partial charge in [-0.1, -0.05) is 27.4 Å². The van der Waals surface area contributed by atoms with E-state index in [0.717, 1.165) is 18.4 Å². The van der Waals surface area contributed by atoms with E-state index in [1.54, 1.807) is 0 Å². The number of hydrogen-bond donors (Lipinski definition) is 0. The fourth-order valence-electron chi connectivity index (χ4n) is 1.49. The third kappa shape index (κ3) is 3.18. The fraction of sp³-hybridized carbons (Fsp3) is 0.769. The molecular weight excluding hydrogens is 200 g/mol. The van der Waals surface area contributed by atoms with E-state index >= 15 is 0 Å². The van der Waals surface area contributed by atoms with E-state index in [1.807, 2.05) is 0 Å². The van der Waals surface area contributed by atoms with Gasteiger partial charge < -0.3 is 4.43 Å². The standard InChI is InChI=1S/C13H24OSi/c1-11-9-7-8-10-12(11)14-15(5,6)13(2,3)4/h12H,1,7-8,10H2,2-6H3. The minimum atomic E-state index is -1.63. The lowest BCUT2D eigenvalue weighted by Gasteiger charge is -2.40. The Kier molecular flexibility index (Phi) is 3.83. The van der Waals surface area contributed by atoms with Gasteiger partial charge in [0, 0.05) is 6.42 Å². The molecule has 2 radical (unpaired) electrons. The molecule has 1 rings (SSSR count). The minimum absolute atomic E-state index is 0.236. The third-order valence-electron chi connectivity index (χ3n) is 3.63. The maximum Gasteiger partial charge on any atom is 0.192 e. The van der Waals surface area contributed by atoms with Gasteiger partial charge in [0.05, 0.1) is 6.10 Å². The Hall–Kier alpha value is -0.0831. The summed E-state index contributed by atoms with van der Waals surface area (Å²) in [7, 11) is -1.63. The fourth-order valence-corrected chi connectivity index (χ4v) is 2.81. The molecule has 1 aliphatic rings. The van der Waals surface area contributed by atoms with Crippen molar-refractivity contribution in [3.8, 4) is 0 Å². The van der Waals surface area contributed by atoms with E-state index in [9.17, 15) is 0 Å². The van der Waals surface area contributed by atoms with Crippen molar-refractivity contribution in [2.45, 2.75) is 64.3 Å². The maximum absolute atomic E-state index is 6.33. The highest BCUT2D eigenvalue weighted by Crippen LogP contribution is 2.39. The second kappa shape index (κ2) is 4.42. The van der Waals surface area contributed by atoms with Gasteiger partial charge in [-0.15, -0.1) is 0 Å². The molecule has 1 atom stereocenters. The highest BCUT2D eigenvalue weighted by atomic mass is 28.4. The summed E-state index contributed by atoms with van der Waals surface area (Å²) in [6, 6.07) is 0. The lowest BCUT2D eigenvalue weighted by atomic mass is 9.94. The first-order valence-electron chi connectivity index (χ1n) is 5.84. The van der Waals surface area contributed by atoms with Gasteiger partial charge in [-0.2, -0.15) is 0 Å². The Bertz CT molecular complexity index is 237. The smallest absolute Gasteiger partial charge is 0.192 e. The van der Waals surface area contributed by atoms with Gasteiger partial charge in [0.1, 0.15) is 0 Å². The molecule has 0 spiro atoms. The molecule has 1 saturated carbocycles. The summed E-state index contributed by atoms with van der Waals surface area (Å²) in [5.74, 6) is 0. The van der Waals surface area contributed by atoms with E-state index in [0.29, 0.717) is 0 Å². The molecule has 0 aromatic rings. The zero-order chi connectivity index (χ0) is 11.7. The summed E-state index contributed by atoms with van der Waals surface area (Å²) in [4.78, 5) is 0. The Morgan fingerprint density at radius 1 is 1.40 bits per heavy atom. The van der Waals surface area contributed by atoms with Crippen LogP contribution in [0.4, 0.5) is 0 Å². The molecule has 0 aromatic heterocycles. The van der Waals surface area contributed by atoms with Crippen molar-refractivity contribution in [1.29, 1.82) is 0 Å². The van der Waals surface area contributed by atoms with Crippen LogP contribution >= 0.6 is 0 Å². The summed E-state index contributed by atoms with van der Waals surface area (Å²) in [6.07, 6.45) is 6.91. The van der Waals surface area contributed by atoms with Crippen LogP contribution in [-0.2, 0) is 4.43 Å². The predicted molar refractivity (Wildman–Crippen MR) is 68.3 cm³/mol. The Morgan fingerprint density at radius 3 is 2.47 bits per heavy atom. The lowest BCUT2D eigenvalue weighted by molar-refractivity contribution is 0.194. The van der Waals surface area contributed by atoms with Gasteiger partial charge in [0.2, 0.25) is 0 Å². The average Bonchev–Trinajstić information content (AvgIpc) is 2.06. The van der Waals surface area contributed by atoms with Crippen molar-refractivity contribution in [3.63, 3.8) is 0 Å². The van der Waals surface area contributed by atoms with Gasteiger partial charge in [-0.25, -0.2) is 0 Å². The van der Waals surface area contributed by atoms with Gasteiger partial charge in [0.25, 0.3) is 0 Å². The van der Waals surface area contributed by atoms with Crippen LogP contribution in [0.25, 0.3) is 0 Å². The predicted octanol–water partition coefficient (Wildman–Crippen LogP) is 4.20. The summed E-state index contributed by atoms with van der Waals surface area (Å²) in [5.41, 5.74) is 1.08. The molecule has 0 N–H and O–H groups in total. The van der Waals surface area contributed by atoms with Crippen LogP contribution in [0, 0.1) is 6.42 Å². The molecule has 0 aromatic carbocycles. The van der Waals surface area contributed by atoms with E-state index < -0.39 is 8.32 Å². The first kappa shape index (κ1) is 13.0. The summed E-state index contributed by atoms with van der Waals surface area (Å²) in [5, 5.41) is 0.282. The number of rotatable bonds is 2. The van der Waals surface area contributed by atoms with E-state index in [4.69, 9.17) is 4.43 Å². The molecule has 2 heteroatoms. The molecule has 1 unspecified atom stereocenters. The third-order valence-corrected chi connectivity index (χ3v) is 8.11. The maximum atomic E-state index is 6.33. The lowest BCUT2D eigenvalue weighted by Crippen LogP contribution is -2.44. The zero-order valence-corrected chi connectivity index (χ0v) is 11.8. The van der Waals surface area contributed by atoms with Crippen LogP contribution in [0.5, 0.6) is 0 Å². The van der Waals surface area contributed by atoms with Gasteiger partial charge in [-0.05, 0) is 43.0 Å². The Labute approximate surface area is 96.0 Å². The van der Waals surface area contributed by atoms with Crippen LogP contribution in [0.2, 0.25) is 18.1 Å². The Balaban J connectivity index is 2.63. The molecule has 0 amide bonds. The van der Waals surface area contributed by atoms with E-state index in [-0.39, 0.29) is 11.1 Å². The van der Waals surface area contributed by atoms with Crippen molar-refractivity contribution in [1.82, 2.24) is 0 Å². The summed E-state index contributed by atoms with van der Waals surface area (Å²) in [6.45, 7) is 15.5. The molecule has 0 heterocycles. The van der Waals surface area contributed by atoms with E-state index in [1.165, 1.54) is 6.42 Å². The molecule has 0 bridgehead atoms. The largest absolute Gasteiger partial charge is 0.410 e. The first-order valence-corrected chi connectivity index (χ1v) is 8.75. The quantitative estimate of drug-likeness (QED) is 0.639. The highest BCUT2D eigenvalue weighted by molar-refractivity contribution is 6.74. The molecule has 1 aliphatic carbocycles. The van der Waals surface area contributed by atoms with Crippen molar-refractivity contribution in [2.75, 3.05) is 0 Å². The summed E-state index contributed by atoms with van der Waals surface area (Å²) >= 11 is 0. The molecule has 0 saturated heterocycles. The molecular formula is C13H24OSi. The Morgan fingerprint density at radius 2 is 2.00 bits per heavy atom. The van der Waals surface area contributed by atoms with Crippen molar-refractivity contribution >= 4 is 8.32 Å². The molecule has 1 fully saturated rings. The second-order valence-corrected chi connectivity index (χ2v) is 10.7. The van der Waals surface area contributed by atoms with Gasteiger partial charge in [0.15, 0.2) is 8.32 Å². The highest BCUT2D eigenvalue weighted by Gasteiger charge is 2.39. The molecule has 0 aliphatic heterocycles. The van der Waals surface area contributed by atoms with Crippen LogP contribution in [0.15, 0.2) is 12.2 Å². The monoisotopic (exact) mass is 224 g/mol. The number of hydrogen-bond acceptors (Lipinski definition) is 1. The van der Waals surface area contributed by atoms with Crippen LogP contribution in [-0.4, -0.2) is 14.4 Å². The summed E-state index contributed by atoms with van der Waals surface area (Å²) < 4.78 is 6.33. The average molecular weight is 224 g/mol. The molecule has 86 valence electrons. The van der Waals surface area contributed by atoms with Crippen molar-refractivity contribution in [3.05, 3.63) is 18.6 Å². The first-order chi connectivity index (χ1) is 6.74. The van der Waals surface area contributed by atoms with Crippen LogP contribution in [0.1, 0.15) is 40.0 Å². The SMILES string of the molecule is C=C1[C]CCCC1O[Si](C)(C)C(C)(C)C. The van der Waals surface area contributed by atoms with Crippen molar-refractivity contribution in [2.24, 2.45) is 0 Å². The zero-order valence-electron chi connectivity index (χ0n) is 10.8. The topological polar surface area (TPSA) is 9.23 Å². The van der Waals surface area contributed by atoms with Gasteiger partial charge >= 0.3 is 0 Å². The second-order valence-electron chi connectivity index (χ2n) is 5.96. The van der Waals surface area contributed by atoms with Gasteiger partial charge in [-0.3, -0.25) is 0 Å². The minimum Gasteiger partial charge on any atom is -0.410 e. The van der Waals surface area contributed by atoms with E-state index in [2.05, 4.69) is 46.9 Å². The molecule has 15 heavy (non-hydrogen) atoms. The van der Waals surface area contributed by atoms with Crippen molar-refractivity contribution < 1.29 is 4.43 Å². The normalized spacial score (nSPS) is 24.3. The molecule has 1 nitrogen and oxygen atoms in total. The van der Waals surface area contributed by atoms with Crippen LogP contribution < -0.4 is 0 Å².